The molecule has 0 bridgehead atoms. The zero-order chi connectivity index (χ0) is 42.6. The van der Waals surface area contributed by atoms with Crippen molar-refractivity contribution in [3.05, 3.63) is 48.6 Å². The van der Waals surface area contributed by atoms with E-state index in [1.54, 1.807) is 0 Å². The van der Waals surface area contributed by atoms with Crippen molar-refractivity contribution < 1.29 is 47.8 Å². The van der Waals surface area contributed by atoms with Crippen LogP contribution in [-0.2, 0) is 32.7 Å². The number of carbonyl (C=O) groups excluding carboxylic acids is 2. The number of esters is 2. The molecule has 0 heterocycles. The van der Waals surface area contributed by atoms with E-state index in [1.807, 2.05) is 0 Å². The van der Waals surface area contributed by atoms with Gasteiger partial charge in [-0.05, 0) is 77.0 Å². The maximum Gasteiger partial charge on any atom is 0.472 e. The lowest BCUT2D eigenvalue weighted by Gasteiger charge is -2.20. The molecular formula is C47H85O10P. The summed E-state index contributed by atoms with van der Waals surface area (Å²) in [5, 5.41) is 18.4. The first-order chi connectivity index (χ1) is 28.2. The van der Waals surface area contributed by atoms with Crippen LogP contribution in [0.25, 0.3) is 0 Å². The van der Waals surface area contributed by atoms with Gasteiger partial charge >= 0.3 is 19.8 Å². The third-order valence-electron chi connectivity index (χ3n) is 9.71. The van der Waals surface area contributed by atoms with Gasteiger partial charge in [0.25, 0.3) is 0 Å². The minimum atomic E-state index is -4.63. The third-order valence-corrected chi connectivity index (χ3v) is 10.7. The first kappa shape index (κ1) is 55.9. The number of aliphatic hydroxyl groups excluding tert-OH is 2. The highest BCUT2D eigenvalue weighted by Crippen LogP contribution is 2.43. The molecule has 58 heavy (non-hydrogen) atoms. The largest absolute Gasteiger partial charge is 0.472 e. The quantitative estimate of drug-likeness (QED) is 0.0234. The third kappa shape index (κ3) is 42.1. The van der Waals surface area contributed by atoms with Crippen LogP contribution in [0.5, 0.6) is 0 Å². The molecular weight excluding hydrogens is 755 g/mol. The van der Waals surface area contributed by atoms with Gasteiger partial charge in [-0.2, -0.15) is 0 Å². The highest BCUT2D eigenvalue weighted by atomic mass is 31.2. The molecule has 0 saturated heterocycles. The predicted octanol–water partition coefficient (Wildman–Crippen LogP) is 12.5. The Morgan fingerprint density at radius 3 is 1.40 bits per heavy atom. The molecule has 0 aliphatic carbocycles. The second kappa shape index (κ2) is 43.0. The molecule has 0 aliphatic heterocycles. The minimum absolute atomic E-state index is 0.167. The molecule has 3 atom stereocenters. The number of hydrogen-bond donors (Lipinski definition) is 3. The molecule has 0 aromatic rings. The van der Waals surface area contributed by atoms with Gasteiger partial charge in [-0.3, -0.25) is 18.6 Å². The fraction of sp³-hybridized carbons (Fsp3) is 0.787. The molecule has 0 radical (unpaired) electrons. The average Bonchev–Trinajstić information content (AvgIpc) is 3.21. The maximum atomic E-state index is 12.6. The van der Waals surface area contributed by atoms with Crippen molar-refractivity contribution >= 4 is 19.8 Å². The fourth-order valence-electron chi connectivity index (χ4n) is 6.11. The molecule has 3 unspecified atom stereocenters. The lowest BCUT2D eigenvalue weighted by molar-refractivity contribution is -0.161. The Morgan fingerprint density at radius 2 is 0.897 bits per heavy atom. The van der Waals surface area contributed by atoms with Gasteiger partial charge in [0.15, 0.2) is 6.10 Å². The number of unbranched alkanes of at least 4 members (excludes halogenated alkanes) is 21. The topological polar surface area (TPSA) is 149 Å². The maximum absolute atomic E-state index is 12.6. The highest BCUT2D eigenvalue weighted by Gasteiger charge is 2.27. The zero-order valence-electron chi connectivity index (χ0n) is 36.8. The van der Waals surface area contributed by atoms with Crippen molar-refractivity contribution in [2.45, 2.75) is 212 Å². The zero-order valence-corrected chi connectivity index (χ0v) is 37.6. The van der Waals surface area contributed by atoms with Crippen molar-refractivity contribution in [3.8, 4) is 0 Å². The Hall–Kier alpha value is -2.07. The first-order valence-corrected chi connectivity index (χ1v) is 24.6. The summed E-state index contributed by atoms with van der Waals surface area (Å²) in [6.07, 6.45) is 46.4. The molecule has 0 rings (SSSR count). The molecule has 0 aromatic heterocycles. The summed E-state index contributed by atoms with van der Waals surface area (Å²) in [6, 6.07) is 0. The minimum Gasteiger partial charge on any atom is -0.462 e. The second-order valence-electron chi connectivity index (χ2n) is 15.4. The Bertz CT molecular complexity index is 1110. The van der Waals surface area contributed by atoms with E-state index in [0.29, 0.717) is 12.8 Å². The molecule has 0 spiro atoms. The van der Waals surface area contributed by atoms with Crippen molar-refractivity contribution in [2.75, 3.05) is 26.4 Å². The monoisotopic (exact) mass is 841 g/mol. The van der Waals surface area contributed by atoms with Crippen LogP contribution < -0.4 is 0 Å². The summed E-state index contributed by atoms with van der Waals surface area (Å²) in [7, 11) is -4.63. The van der Waals surface area contributed by atoms with Crippen molar-refractivity contribution in [1.82, 2.24) is 0 Å². The first-order valence-electron chi connectivity index (χ1n) is 23.1. The number of phosphoric acid groups is 1. The lowest BCUT2D eigenvalue weighted by Crippen LogP contribution is -2.29. The molecule has 0 aliphatic rings. The summed E-state index contributed by atoms with van der Waals surface area (Å²) >= 11 is 0. The van der Waals surface area contributed by atoms with Gasteiger partial charge < -0.3 is 24.6 Å². The Kier molecular flexibility index (Phi) is 41.5. The summed E-state index contributed by atoms with van der Waals surface area (Å²) in [5.41, 5.74) is 0. The normalized spacial score (nSPS) is 14.2. The molecule has 11 heteroatoms. The van der Waals surface area contributed by atoms with E-state index in [4.69, 9.17) is 23.6 Å². The SMILES string of the molecule is CCCCC/C=C\C/C=C\C/C=C\CCCCCCCCC(=O)OC(COC(=O)CCCCCCC/C=C\CCCCCCCCC)COP(=O)(O)OCC(O)CO. The van der Waals surface area contributed by atoms with Gasteiger partial charge in [-0.15, -0.1) is 0 Å². The molecule has 338 valence electrons. The number of aliphatic hydroxyl groups is 2. The number of phosphoric ester groups is 1. The second-order valence-corrected chi connectivity index (χ2v) is 16.9. The van der Waals surface area contributed by atoms with Crippen LogP contribution in [0.2, 0.25) is 0 Å². The Balaban J connectivity index is 4.30. The highest BCUT2D eigenvalue weighted by molar-refractivity contribution is 7.47. The van der Waals surface area contributed by atoms with Crippen LogP contribution in [0.3, 0.4) is 0 Å². The number of rotatable bonds is 43. The number of ether oxygens (including phenoxy) is 2. The molecule has 0 saturated carbocycles. The number of hydrogen-bond acceptors (Lipinski definition) is 9. The van der Waals surface area contributed by atoms with E-state index >= 15 is 0 Å². The Labute approximate surface area is 353 Å². The fourth-order valence-corrected chi connectivity index (χ4v) is 6.90. The van der Waals surface area contributed by atoms with Crippen LogP contribution >= 0.6 is 7.82 Å². The summed E-state index contributed by atoms with van der Waals surface area (Å²) in [6.45, 7) is 2.33. The van der Waals surface area contributed by atoms with E-state index in [-0.39, 0.29) is 19.4 Å². The standard InChI is InChI=1S/C47H85O10P/c1-3-5-7-9-11-13-15-17-19-21-22-23-25-27-29-31-33-35-37-39-47(51)57-45(43-56-58(52,53)55-41-44(49)40-48)42-54-46(50)38-36-34-32-30-28-26-24-20-18-16-14-12-10-8-6-4-2/h11,13,17,19-20,22-24,44-45,48-49H,3-10,12,14-16,18,21,25-43H2,1-2H3,(H,52,53)/b13-11-,19-17-,23-22-,24-20-. The molecule has 0 amide bonds. The van der Waals surface area contributed by atoms with Gasteiger partial charge in [0.1, 0.15) is 12.7 Å². The van der Waals surface area contributed by atoms with E-state index in [0.717, 1.165) is 83.5 Å². The van der Waals surface area contributed by atoms with E-state index in [9.17, 15) is 24.2 Å². The molecule has 10 nitrogen and oxygen atoms in total. The van der Waals surface area contributed by atoms with Crippen molar-refractivity contribution in [2.24, 2.45) is 0 Å². The van der Waals surface area contributed by atoms with Crippen molar-refractivity contribution in [3.63, 3.8) is 0 Å². The van der Waals surface area contributed by atoms with Crippen LogP contribution in [0.15, 0.2) is 48.6 Å². The van der Waals surface area contributed by atoms with E-state index in [2.05, 4.69) is 62.5 Å². The van der Waals surface area contributed by atoms with Crippen LogP contribution in [0.4, 0.5) is 0 Å². The van der Waals surface area contributed by atoms with Crippen LogP contribution in [0.1, 0.15) is 200 Å². The Morgan fingerprint density at radius 1 is 0.517 bits per heavy atom. The smallest absolute Gasteiger partial charge is 0.462 e. The lowest BCUT2D eigenvalue weighted by atomic mass is 10.1. The predicted molar refractivity (Wildman–Crippen MR) is 237 cm³/mol. The van der Waals surface area contributed by atoms with Crippen LogP contribution in [-0.4, -0.2) is 65.7 Å². The molecule has 0 fully saturated rings. The van der Waals surface area contributed by atoms with Gasteiger partial charge in [0.2, 0.25) is 0 Å². The number of allylic oxidation sites excluding steroid dienone is 8. The summed E-state index contributed by atoms with van der Waals surface area (Å²) < 4.78 is 32.8. The van der Waals surface area contributed by atoms with E-state index in [1.165, 1.54) is 77.0 Å². The van der Waals surface area contributed by atoms with Crippen LogP contribution in [0, 0.1) is 0 Å². The van der Waals surface area contributed by atoms with Gasteiger partial charge in [-0.25, -0.2) is 4.57 Å². The molecule has 3 N–H and O–H groups in total. The summed E-state index contributed by atoms with van der Waals surface area (Å²) in [5.74, 6) is -0.948. The van der Waals surface area contributed by atoms with E-state index < -0.39 is 51.8 Å². The molecule has 0 aromatic carbocycles. The van der Waals surface area contributed by atoms with Gasteiger partial charge in [-0.1, -0.05) is 159 Å². The van der Waals surface area contributed by atoms with Gasteiger partial charge in [0.05, 0.1) is 19.8 Å². The summed E-state index contributed by atoms with van der Waals surface area (Å²) in [4.78, 5) is 35.1. The van der Waals surface area contributed by atoms with Crippen molar-refractivity contribution in [1.29, 1.82) is 0 Å². The number of carbonyl (C=O) groups is 2. The van der Waals surface area contributed by atoms with Gasteiger partial charge in [0, 0.05) is 12.8 Å². The average molecular weight is 841 g/mol.